The lowest BCUT2D eigenvalue weighted by atomic mass is 9.89. The van der Waals surface area contributed by atoms with E-state index in [0.29, 0.717) is 34.9 Å². The van der Waals surface area contributed by atoms with Gasteiger partial charge in [-0.15, -0.1) is 0 Å². The van der Waals surface area contributed by atoms with Crippen LogP contribution in [0, 0.1) is 0 Å². The van der Waals surface area contributed by atoms with E-state index in [-0.39, 0.29) is 18.2 Å². The molecule has 0 aromatic heterocycles. The third kappa shape index (κ3) is 6.12. The highest BCUT2D eigenvalue weighted by atomic mass is 35.5. The van der Waals surface area contributed by atoms with Crippen LogP contribution in [0.3, 0.4) is 0 Å². The first-order valence-corrected chi connectivity index (χ1v) is 14.5. The number of halogens is 2. The second-order valence-electron chi connectivity index (χ2n) is 9.60. The predicted octanol–water partition coefficient (Wildman–Crippen LogP) is 4.08. The molecular weight excluding hydrogens is 537 g/mol. The number of benzene rings is 2. The van der Waals surface area contributed by atoms with Gasteiger partial charge in [-0.2, -0.15) is 0 Å². The van der Waals surface area contributed by atoms with Crippen molar-refractivity contribution in [3.05, 3.63) is 69.7 Å². The number of amides is 2. The van der Waals surface area contributed by atoms with E-state index in [2.05, 4.69) is 0 Å². The second kappa shape index (κ2) is 11.3. The van der Waals surface area contributed by atoms with Gasteiger partial charge in [0.2, 0.25) is 15.9 Å². The fourth-order valence-corrected chi connectivity index (χ4v) is 6.80. The monoisotopic (exact) mass is 567 g/mol. The van der Waals surface area contributed by atoms with E-state index < -0.39 is 46.1 Å². The fourth-order valence-electron chi connectivity index (χ4n) is 4.86. The molecule has 0 bridgehead atoms. The molecule has 1 aliphatic carbocycles. The summed E-state index contributed by atoms with van der Waals surface area (Å²) in [5.74, 6) is -1.09. The number of ether oxygens (including phenoxy) is 1. The Morgan fingerprint density at radius 1 is 1.14 bits per heavy atom. The second-order valence-corrected chi connectivity index (χ2v) is 12.8. The molecule has 11 heteroatoms. The van der Waals surface area contributed by atoms with Crippen molar-refractivity contribution in [3.8, 4) is 0 Å². The van der Waals surface area contributed by atoms with Gasteiger partial charge in [0.05, 0.1) is 17.7 Å². The van der Waals surface area contributed by atoms with E-state index in [4.69, 9.17) is 33.7 Å². The van der Waals surface area contributed by atoms with Gasteiger partial charge in [0.15, 0.2) is 0 Å². The topological polar surface area (TPSA) is 110 Å². The summed E-state index contributed by atoms with van der Waals surface area (Å²) in [5.41, 5.74) is 6.95. The van der Waals surface area contributed by atoms with Crippen molar-refractivity contribution in [2.45, 2.75) is 62.1 Å². The van der Waals surface area contributed by atoms with Crippen LogP contribution in [0.25, 0.3) is 0 Å². The van der Waals surface area contributed by atoms with Gasteiger partial charge in [-0.05, 0) is 54.7 Å². The predicted molar refractivity (Wildman–Crippen MR) is 143 cm³/mol. The van der Waals surface area contributed by atoms with Gasteiger partial charge < -0.3 is 15.4 Å². The van der Waals surface area contributed by atoms with Crippen molar-refractivity contribution in [1.82, 2.24) is 9.21 Å². The van der Waals surface area contributed by atoms with E-state index in [1.54, 1.807) is 42.3 Å². The van der Waals surface area contributed by atoms with E-state index in [9.17, 15) is 18.0 Å². The maximum atomic E-state index is 13.9. The third-order valence-corrected chi connectivity index (χ3v) is 9.73. The Bertz CT molecular complexity index is 1250. The Balaban J connectivity index is 1.81. The Morgan fingerprint density at radius 3 is 2.38 bits per heavy atom. The number of carbonyl (C=O) groups excluding carboxylic acids is 2. The number of morpholine rings is 1. The van der Waals surface area contributed by atoms with Crippen molar-refractivity contribution in [2.75, 3.05) is 13.6 Å². The van der Waals surface area contributed by atoms with Crippen molar-refractivity contribution < 1.29 is 22.7 Å². The standard InChI is InChI=1S/C26H31Cl2N3O5S/c1-3-20(15-30(2)37(34,35)21-11-12-21)31-24(16-7-9-18(27)10-8-16)25(17-5-4-6-19(28)13-17)36-22(26(31)33)14-23(29)32/h4-10,13,20-22,24-25H,3,11-12,14-15H2,1-2H3,(H2,29,32)/t20?,22-,24-,25-/m1/s1. The summed E-state index contributed by atoms with van der Waals surface area (Å²) in [4.78, 5) is 27.5. The van der Waals surface area contributed by atoms with Crippen LogP contribution in [0.1, 0.15) is 55.9 Å². The first-order chi connectivity index (χ1) is 17.5. The summed E-state index contributed by atoms with van der Waals surface area (Å²) in [6.45, 7) is 2.01. The summed E-state index contributed by atoms with van der Waals surface area (Å²) in [5, 5.41) is 0.656. The third-order valence-electron chi connectivity index (χ3n) is 6.92. The van der Waals surface area contributed by atoms with Gasteiger partial charge >= 0.3 is 0 Å². The van der Waals surface area contributed by atoms with E-state index in [0.717, 1.165) is 5.56 Å². The minimum atomic E-state index is -3.46. The number of rotatable bonds is 10. The molecule has 4 rings (SSSR count). The fraction of sp³-hybridized carbons (Fsp3) is 0.462. The molecule has 200 valence electrons. The highest BCUT2D eigenvalue weighted by Gasteiger charge is 2.48. The van der Waals surface area contributed by atoms with Gasteiger partial charge in [0, 0.05) is 29.7 Å². The molecule has 2 fully saturated rings. The average Bonchev–Trinajstić information content (AvgIpc) is 3.70. The number of sulfonamides is 1. The van der Waals surface area contributed by atoms with E-state index in [1.165, 1.54) is 4.31 Å². The van der Waals surface area contributed by atoms with Crippen molar-refractivity contribution in [1.29, 1.82) is 0 Å². The molecular formula is C26H31Cl2N3O5S. The zero-order valence-electron chi connectivity index (χ0n) is 20.7. The summed E-state index contributed by atoms with van der Waals surface area (Å²) in [7, 11) is -1.91. The lowest BCUT2D eigenvalue weighted by Crippen LogP contribution is -2.57. The summed E-state index contributed by atoms with van der Waals surface area (Å²) in [6, 6.07) is 13.1. The average molecular weight is 569 g/mol. The Kier molecular flexibility index (Phi) is 8.50. The zero-order valence-corrected chi connectivity index (χ0v) is 23.0. The van der Waals surface area contributed by atoms with Gasteiger partial charge in [-0.1, -0.05) is 54.4 Å². The quantitative estimate of drug-likeness (QED) is 0.465. The molecule has 0 spiro atoms. The van der Waals surface area contributed by atoms with E-state index in [1.807, 2.05) is 25.1 Å². The number of nitrogens with two attached hydrogens (primary N) is 1. The maximum absolute atomic E-state index is 13.9. The van der Waals surface area contributed by atoms with Crippen LogP contribution in [0.4, 0.5) is 0 Å². The molecule has 2 aromatic carbocycles. The Morgan fingerprint density at radius 2 is 1.81 bits per heavy atom. The van der Waals surface area contributed by atoms with Gasteiger partial charge in [-0.3, -0.25) is 9.59 Å². The molecule has 1 saturated carbocycles. The number of nitrogens with zero attached hydrogens (tertiary/aromatic N) is 2. The number of carbonyl (C=O) groups is 2. The molecule has 1 saturated heterocycles. The Labute approximate surface area is 227 Å². The molecule has 2 aliphatic rings. The number of hydrogen-bond acceptors (Lipinski definition) is 5. The van der Waals surface area contributed by atoms with Gasteiger partial charge in [0.1, 0.15) is 12.2 Å². The lowest BCUT2D eigenvalue weighted by Gasteiger charge is -2.48. The van der Waals surface area contributed by atoms with Crippen LogP contribution < -0.4 is 5.73 Å². The molecule has 1 aliphatic heterocycles. The first kappa shape index (κ1) is 27.9. The molecule has 2 N–H and O–H groups in total. The molecule has 37 heavy (non-hydrogen) atoms. The molecule has 2 amide bonds. The van der Waals surface area contributed by atoms with Crippen molar-refractivity contribution in [2.24, 2.45) is 5.73 Å². The molecule has 2 aromatic rings. The number of likely N-dealkylation sites (N-methyl/N-ethyl adjacent to an activating group) is 1. The largest absolute Gasteiger partial charge is 0.370 e. The smallest absolute Gasteiger partial charge is 0.253 e. The SMILES string of the molecule is CCC(CN(C)S(=O)(=O)C1CC1)N1C(=O)[C@@H](CC(N)=O)O[C@H](c2cccc(Cl)c2)[C@H]1c1ccc(Cl)cc1. The minimum absolute atomic E-state index is 0.108. The lowest BCUT2D eigenvalue weighted by molar-refractivity contribution is -0.181. The normalized spacial score (nSPS) is 23.3. The van der Waals surface area contributed by atoms with Gasteiger partial charge in [-0.25, -0.2) is 12.7 Å². The first-order valence-electron chi connectivity index (χ1n) is 12.2. The number of hydrogen-bond donors (Lipinski definition) is 1. The van der Waals surface area contributed by atoms with Crippen LogP contribution in [0.5, 0.6) is 0 Å². The molecule has 4 atom stereocenters. The van der Waals surface area contributed by atoms with Crippen LogP contribution in [-0.4, -0.2) is 60.4 Å². The molecule has 1 heterocycles. The van der Waals surface area contributed by atoms with Crippen LogP contribution in [0.2, 0.25) is 10.0 Å². The van der Waals surface area contributed by atoms with Crippen LogP contribution >= 0.6 is 23.2 Å². The Hall–Kier alpha value is -2.17. The van der Waals surface area contributed by atoms with Gasteiger partial charge in [0.25, 0.3) is 5.91 Å². The number of primary amides is 1. The molecule has 8 nitrogen and oxygen atoms in total. The zero-order chi connectivity index (χ0) is 26.9. The highest BCUT2D eigenvalue weighted by molar-refractivity contribution is 7.90. The summed E-state index contributed by atoms with van der Waals surface area (Å²) in [6.07, 6.45) is -0.348. The highest BCUT2D eigenvalue weighted by Crippen LogP contribution is 2.45. The van der Waals surface area contributed by atoms with Crippen LogP contribution in [-0.2, 0) is 24.3 Å². The van der Waals surface area contributed by atoms with Crippen molar-refractivity contribution in [3.63, 3.8) is 0 Å². The summed E-state index contributed by atoms with van der Waals surface area (Å²) >= 11 is 12.5. The maximum Gasteiger partial charge on any atom is 0.253 e. The van der Waals surface area contributed by atoms with Crippen molar-refractivity contribution >= 4 is 45.0 Å². The van der Waals surface area contributed by atoms with E-state index >= 15 is 0 Å². The van der Waals surface area contributed by atoms with Crippen LogP contribution in [0.15, 0.2) is 48.5 Å². The summed E-state index contributed by atoms with van der Waals surface area (Å²) < 4.78 is 33.5. The molecule has 0 radical (unpaired) electrons. The molecule has 1 unspecified atom stereocenters. The minimum Gasteiger partial charge on any atom is -0.370 e.